The molecule has 0 fully saturated rings. The number of amides is 1. The van der Waals surface area contributed by atoms with E-state index in [9.17, 15) is 34.6 Å². The SMILES string of the molecule is CCOC(=O)c1c(NC(=O)COC(=O)c2cc([N+](=O)[O-])cc([N+](=O)[O-])c2)sc2c1CCCC2. The summed E-state index contributed by atoms with van der Waals surface area (Å²) < 4.78 is 9.99. The molecule has 1 heterocycles. The van der Waals surface area contributed by atoms with Crippen LogP contribution in [-0.2, 0) is 27.1 Å². The van der Waals surface area contributed by atoms with E-state index in [0.717, 1.165) is 41.8 Å². The summed E-state index contributed by atoms with van der Waals surface area (Å²) in [5.74, 6) is -2.44. The maximum atomic E-state index is 12.4. The Morgan fingerprint density at radius 3 is 2.24 bits per heavy atom. The van der Waals surface area contributed by atoms with Crippen molar-refractivity contribution in [2.75, 3.05) is 18.5 Å². The average molecular weight is 477 g/mol. The number of nitrogens with one attached hydrogen (secondary N) is 1. The molecule has 0 saturated heterocycles. The van der Waals surface area contributed by atoms with E-state index in [-0.39, 0.29) is 6.61 Å². The number of rotatable bonds is 8. The number of nitrogens with zero attached hydrogens (tertiary/aromatic N) is 2. The molecule has 0 atom stereocenters. The largest absolute Gasteiger partial charge is 0.462 e. The number of fused-ring (bicyclic) bond motifs is 1. The van der Waals surface area contributed by atoms with Gasteiger partial charge in [0.2, 0.25) is 0 Å². The number of carbonyl (C=O) groups is 3. The van der Waals surface area contributed by atoms with Gasteiger partial charge in [0.15, 0.2) is 6.61 Å². The first-order chi connectivity index (χ1) is 15.7. The molecular formula is C20H19N3O9S. The van der Waals surface area contributed by atoms with Gasteiger partial charge in [-0.3, -0.25) is 25.0 Å². The highest BCUT2D eigenvalue weighted by atomic mass is 32.1. The van der Waals surface area contributed by atoms with Crippen LogP contribution < -0.4 is 5.32 Å². The molecule has 1 aliphatic rings. The van der Waals surface area contributed by atoms with Gasteiger partial charge in [-0.1, -0.05) is 0 Å². The number of aryl methyl sites for hydroxylation is 1. The molecule has 1 aromatic heterocycles. The number of nitro groups is 2. The molecule has 174 valence electrons. The molecule has 0 unspecified atom stereocenters. The smallest absolute Gasteiger partial charge is 0.341 e. The van der Waals surface area contributed by atoms with Gasteiger partial charge in [-0.2, -0.15) is 0 Å². The van der Waals surface area contributed by atoms with Crippen molar-refractivity contribution in [3.63, 3.8) is 0 Å². The fraction of sp³-hybridized carbons (Fsp3) is 0.350. The van der Waals surface area contributed by atoms with E-state index < -0.39 is 51.2 Å². The fourth-order valence-corrected chi connectivity index (χ4v) is 4.67. The summed E-state index contributed by atoms with van der Waals surface area (Å²) in [5.41, 5.74) is -0.623. The molecule has 0 bridgehead atoms. The van der Waals surface area contributed by atoms with Gasteiger partial charge in [0.1, 0.15) is 5.00 Å². The number of hydrogen-bond acceptors (Lipinski definition) is 10. The van der Waals surface area contributed by atoms with Crippen molar-refractivity contribution in [2.24, 2.45) is 0 Å². The van der Waals surface area contributed by atoms with Crippen LogP contribution in [0.1, 0.15) is 50.9 Å². The first-order valence-electron chi connectivity index (χ1n) is 9.93. The van der Waals surface area contributed by atoms with Gasteiger partial charge in [0, 0.05) is 17.0 Å². The van der Waals surface area contributed by atoms with E-state index in [4.69, 9.17) is 9.47 Å². The van der Waals surface area contributed by atoms with Crippen LogP contribution in [0.2, 0.25) is 0 Å². The first kappa shape index (κ1) is 23.8. The topological polar surface area (TPSA) is 168 Å². The molecule has 0 spiro atoms. The Morgan fingerprint density at radius 1 is 1.00 bits per heavy atom. The Bertz CT molecular complexity index is 1110. The second-order valence-corrected chi connectivity index (χ2v) is 8.12. The molecule has 13 heteroatoms. The highest BCUT2D eigenvalue weighted by Crippen LogP contribution is 2.38. The van der Waals surface area contributed by atoms with Crippen LogP contribution in [0.15, 0.2) is 18.2 Å². The maximum Gasteiger partial charge on any atom is 0.341 e. The number of carbonyl (C=O) groups excluding carboxylic acids is 3. The number of non-ortho nitro benzene ring substituents is 2. The summed E-state index contributed by atoms with van der Waals surface area (Å²) in [6, 6.07) is 2.35. The molecule has 2 aromatic rings. The number of esters is 2. The van der Waals surface area contributed by atoms with Gasteiger partial charge in [-0.15, -0.1) is 11.3 Å². The van der Waals surface area contributed by atoms with Gasteiger partial charge < -0.3 is 14.8 Å². The first-order valence-corrected chi connectivity index (χ1v) is 10.8. The molecule has 1 N–H and O–H groups in total. The second-order valence-electron chi connectivity index (χ2n) is 7.01. The third-order valence-electron chi connectivity index (χ3n) is 4.80. The lowest BCUT2D eigenvalue weighted by atomic mass is 9.95. The number of hydrogen-bond donors (Lipinski definition) is 1. The average Bonchev–Trinajstić information content (AvgIpc) is 3.14. The monoisotopic (exact) mass is 477 g/mol. The Balaban J connectivity index is 1.73. The Labute approximate surface area is 190 Å². The summed E-state index contributed by atoms with van der Waals surface area (Å²) in [6.07, 6.45) is 3.35. The minimum Gasteiger partial charge on any atom is -0.462 e. The van der Waals surface area contributed by atoms with Crippen molar-refractivity contribution in [2.45, 2.75) is 32.6 Å². The molecule has 0 aliphatic heterocycles. The summed E-state index contributed by atoms with van der Waals surface area (Å²) in [6.45, 7) is 1.08. The molecule has 1 aliphatic carbocycles. The minimum absolute atomic E-state index is 0.170. The van der Waals surface area contributed by atoms with Crippen molar-refractivity contribution in [3.8, 4) is 0 Å². The van der Waals surface area contributed by atoms with Gasteiger partial charge in [-0.05, 0) is 38.2 Å². The second kappa shape index (κ2) is 10.2. The number of ether oxygens (including phenoxy) is 2. The van der Waals surface area contributed by atoms with E-state index >= 15 is 0 Å². The predicted molar refractivity (Wildman–Crippen MR) is 116 cm³/mol. The van der Waals surface area contributed by atoms with Gasteiger partial charge in [0.25, 0.3) is 17.3 Å². The van der Waals surface area contributed by atoms with Crippen molar-refractivity contribution in [1.82, 2.24) is 0 Å². The van der Waals surface area contributed by atoms with Crippen LogP contribution in [0.4, 0.5) is 16.4 Å². The summed E-state index contributed by atoms with van der Waals surface area (Å²) in [4.78, 5) is 58.2. The lowest BCUT2D eigenvalue weighted by molar-refractivity contribution is -0.394. The van der Waals surface area contributed by atoms with Crippen molar-refractivity contribution >= 4 is 45.6 Å². The summed E-state index contributed by atoms with van der Waals surface area (Å²) in [7, 11) is 0. The fourth-order valence-electron chi connectivity index (χ4n) is 3.37. The van der Waals surface area contributed by atoms with Crippen LogP contribution in [0, 0.1) is 20.2 Å². The normalized spacial score (nSPS) is 12.4. The molecular weight excluding hydrogens is 458 g/mol. The van der Waals surface area contributed by atoms with Crippen molar-refractivity contribution < 1.29 is 33.7 Å². The van der Waals surface area contributed by atoms with E-state index in [1.54, 1.807) is 6.92 Å². The van der Waals surface area contributed by atoms with E-state index in [1.807, 2.05) is 0 Å². The van der Waals surface area contributed by atoms with Gasteiger partial charge in [0.05, 0.1) is 33.6 Å². The van der Waals surface area contributed by atoms with E-state index in [1.165, 1.54) is 11.3 Å². The Hall–Kier alpha value is -3.87. The summed E-state index contributed by atoms with van der Waals surface area (Å²) in [5, 5.41) is 24.8. The molecule has 33 heavy (non-hydrogen) atoms. The van der Waals surface area contributed by atoms with Crippen molar-refractivity contribution in [1.29, 1.82) is 0 Å². The molecule has 12 nitrogen and oxygen atoms in total. The highest BCUT2D eigenvalue weighted by Gasteiger charge is 2.28. The van der Waals surface area contributed by atoms with Crippen LogP contribution in [-0.4, -0.2) is 40.9 Å². The molecule has 1 amide bonds. The quantitative estimate of drug-likeness (QED) is 0.340. The zero-order chi connectivity index (χ0) is 24.1. The van der Waals surface area contributed by atoms with Crippen LogP contribution in [0.25, 0.3) is 0 Å². The zero-order valence-corrected chi connectivity index (χ0v) is 18.3. The maximum absolute atomic E-state index is 12.4. The molecule has 0 saturated carbocycles. The number of anilines is 1. The lowest BCUT2D eigenvalue weighted by Gasteiger charge is -2.12. The van der Waals surface area contributed by atoms with Crippen molar-refractivity contribution in [3.05, 3.63) is 60.0 Å². The lowest BCUT2D eigenvalue weighted by Crippen LogP contribution is -2.22. The Kier molecular flexibility index (Phi) is 7.33. The predicted octanol–water partition coefficient (Wildman–Crippen LogP) is 3.42. The van der Waals surface area contributed by atoms with Crippen LogP contribution in [0.3, 0.4) is 0 Å². The molecule has 0 radical (unpaired) electrons. The van der Waals surface area contributed by atoms with Crippen LogP contribution >= 0.6 is 11.3 Å². The number of benzene rings is 1. The Morgan fingerprint density at radius 2 is 1.64 bits per heavy atom. The zero-order valence-electron chi connectivity index (χ0n) is 17.5. The number of nitro benzene ring substituents is 2. The van der Waals surface area contributed by atoms with E-state index in [2.05, 4.69) is 5.32 Å². The third-order valence-corrected chi connectivity index (χ3v) is 6.01. The highest BCUT2D eigenvalue weighted by molar-refractivity contribution is 7.17. The van der Waals surface area contributed by atoms with Crippen LogP contribution in [0.5, 0.6) is 0 Å². The van der Waals surface area contributed by atoms with E-state index in [0.29, 0.717) is 23.1 Å². The molecule has 1 aromatic carbocycles. The molecule has 3 rings (SSSR count). The van der Waals surface area contributed by atoms with Gasteiger partial charge >= 0.3 is 11.9 Å². The third kappa shape index (κ3) is 5.49. The minimum atomic E-state index is -1.15. The standard InChI is InChI=1S/C20H19N3O9S/c1-2-31-20(26)17-14-5-3-4-6-15(14)33-18(17)21-16(24)10-32-19(25)11-7-12(22(27)28)9-13(8-11)23(29)30/h7-9H,2-6,10H2,1H3,(H,21,24). The summed E-state index contributed by atoms with van der Waals surface area (Å²) >= 11 is 1.26. The van der Waals surface area contributed by atoms with Gasteiger partial charge in [-0.25, -0.2) is 9.59 Å². The number of thiophene rings is 1.